The van der Waals surface area contributed by atoms with E-state index < -0.39 is 23.3 Å². The number of hydrogen-bond acceptors (Lipinski definition) is 4. The van der Waals surface area contributed by atoms with Crippen molar-refractivity contribution in [3.63, 3.8) is 0 Å². The molecule has 23 heavy (non-hydrogen) atoms. The lowest BCUT2D eigenvalue weighted by molar-refractivity contribution is -0.143. The molecule has 3 N–H and O–H groups in total. The van der Waals surface area contributed by atoms with E-state index in [0.717, 1.165) is 10.1 Å². The van der Waals surface area contributed by atoms with Crippen LogP contribution in [0.5, 0.6) is 0 Å². The summed E-state index contributed by atoms with van der Waals surface area (Å²) in [7, 11) is 0. The molecule has 0 unspecified atom stereocenters. The van der Waals surface area contributed by atoms with E-state index in [0.29, 0.717) is 22.7 Å². The van der Waals surface area contributed by atoms with Crippen LogP contribution >= 0.6 is 22.9 Å². The van der Waals surface area contributed by atoms with Gasteiger partial charge in [-0.15, -0.1) is 11.3 Å². The molecule has 0 saturated heterocycles. The Morgan fingerprint density at radius 1 is 1.26 bits per heavy atom. The Morgan fingerprint density at radius 2 is 1.96 bits per heavy atom. The summed E-state index contributed by atoms with van der Waals surface area (Å²) in [5.41, 5.74) is -1.16. The third-order valence-corrected chi connectivity index (χ3v) is 5.36. The molecular weight excluding hydrogens is 340 g/mol. The van der Waals surface area contributed by atoms with Crippen molar-refractivity contribution in [2.75, 3.05) is 6.54 Å². The summed E-state index contributed by atoms with van der Waals surface area (Å²) in [6, 6.07) is 7.36. The first-order chi connectivity index (χ1) is 10.9. The molecule has 1 aliphatic carbocycles. The van der Waals surface area contributed by atoms with Gasteiger partial charge in [0.2, 0.25) is 5.91 Å². The van der Waals surface area contributed by atoms with Crippen LogP contribution in [-0.4, -0.2) is 35.0 Å². The zero-order valence-electron chi connectivity index (χ0n) is 11.9. The van der Waals surface area contributed by atoms with Gasteiger partial charge in [-0.1, -0.05) is 29.8 Å². The van der Waals surface area contributed by atoms with Crippen molar-refractivity contribution in [2.24, 2.45) is 0 Å². The summed E-state index contributed by atoms with van der Waals surface area (Å²) in [4.78, 5) is 35.3. The van der Waals surface area contributed by atoms with Crippen molar-refractivity contribution in [1.29, 1.82) is 0 Å². The van der Waals surface area contributed by atoms with Crippen LogP contribution in [0.2, 0.25) is 5.02 Å². The van der Waals surface area contributed by atoms with E-state index in [9.17, 15) is 14.4 Å². The second-order valence-electron chi connectivity index (χ2n) is 5.36. The largest absolute Gasteiger partial charge is 0.480 e. The Balaban J connectivity index is 1.64. The number of carbonyl (C=O) groups excluding carboxylic acids is 2. The molecular formula is C15H13ClN2O4S. The first kappa shape index (κ1) is 15.8. The van der Waals surface area contributed by atoms with Crippen LogP contribution < -0.4 is 10.6 Å². The summed E-state index contributed by atoms with van der Waals surface area (Å²) >= 11 is 7.44. The summed E-state index contributed by atoms with van der Waals surface area (Å²) in [6.45, 7) is -0.293. The van der Waals surface area contributed by atoms with E-state index in [4.69, 9.17) is 16.7 Å². The third kappa shape index (κ3) is 3.02. The number of carboxylic acids is 1. The Kier molecular flexibility index (Phi) is 3.99. The van der Waals surface area contributed by atoms with Crippen LogP contribution in [0.1, 0.15) is 22.5 Å². The molecule has 2 aromatic rings. The Bertz CT molecular complexity index is 813. The van der Waals surface area contributed by atoms with Crippen molar-refractivity contribution in [1.82, 2.24) is 10.6 Å². The molecule has 1 aliphatic rings. The first-order valence-electron chi connectivity index (χ1n) is 6.92. The fraction of sp³-hybridized carbons (Fsp3) is 0.267. The van der Waals surface area contributed by atoms with Gasteiger partial charge in [-0.05, 0) is 18.9 Å². The molecule has 120 valence electrons. The molecule has 1 saturated carbocycles. The van der Waals surface area contributed by atoms with Crippen LogP contribution in [0, 0.1) is 0 Å². The third-order valence-electron chi connectivity index (χ3n) is 3.69. The molecule has 6 nitrogen and oxygen atoms in total. The number of amides is 2. The highest BCUT2D eigenvalue weighted by Gasteiger charge is 2.51. The second kappa shape index (κ2) is 5.82. The fourth-order valence-electron chi connectivity index (χ4n) is 2.23. The quantitative estimate of drug-likeness (QED) is 0.767. The van der Waals surface area contributed by atoms with E-state index in [1.54, 1.807) is 0 Å². The summed E-state index contributed by atoms with van der Waals surface area (Å²) < 4.78 is 0.884. The zero-order chi connectivity index (χ0) is 16.6. The van der Waals surface area contributed by atoms with Crippen LogP contribution in [-0.2, 0) is 9.59 Å². The predicted molar refractivity (Wildman–Crippen MR) is 86.9 cm³/mol. The number of benzene rings is 1. The average molecular weight is 353 g/mol. The van der Waals surface area contributed by atoms with Gasteiger partial charge in [-0.2, -0.15) is 0 Å². The average Bonchev–Trinajstić information content (AvgIpc) is 3.23. The predicted octanol–water partition coefficient (Wildman–Crippen LogP) is 2.02. The number of halogens is 1. The SMILES string of the molecule is O=C(CNC(=O)c1sc2ccccc2c1Cl)NC1(C(=O)O)CC1. The molecule has 8 heteroatoms. The molecule has 1 aromatic heterocycles. The monoisotopic (exact) mass is 352 g/mol. The van der Waals surface area contributed by atoms with Crippen molar-refractivity contribution >= 4 is 50.8 Å². The van der Waals surface area contributed by atoms with Gasteiger partial charge in [0.05, 0.1) is 11.6 Å². The maximum Gasteiger partial charge on any atom is 0.329 e. The highest BCUT2D eigenvalue weighted by atomic mass is 35.5. The fourth-order valence-corrected chi connectivity index (χ4v) is 3.66. The van der Waals surface area contributed by atoms with Gasteiger partial charge >= 0.3 is 5.97 Å². The zero-order valence-corrected chi connectivity index (χ0v) is 13.5. The van der Waals surface area contributed by atoms with E-state index in [-0.39, 0.29) is 6.54 Å². The molecule has 2 amide bonds. The number of hydrogen-bond donors (Lipinski definition) is 3. The minimum absolute atomic E-state index is 0.293. The van der Waals surface area contributed by atoms with Gasteiger partial charge in [0.25, 0.3) is 5.91 Å². The number of fused-ring (bicyclic) bond motifs is 1. The standard InChI is InChI=1S/C15H13ClN2O4S/c16-11-8-3-1-2-4-9(8)23-12(11)13(20)17-7-10(19)18-15(5-6-15)14(21)22/h1-4H,5-7H2,(H,17,20)(H,18,19)(H,21,22). The molecule has 3 rings (SSSR count). The lowest BCUT2D eigenvalue weighted by atomic mass is 10.2. The summed E-state index contributed by atoms with van der Waals surface area (Å²) in [5, 5.41) is 15.1. The normalized spacial score (nSPS) is 15.2. The number of rotatable bonds is 5. The van der Waals surface area contributed by atoms with E-state index >= 15 is 0 Å². The van der Waals surface area contributed by atoms with Gasteiger partial charge in [0, 0.05) is 10.1 Å². The van der Waals surface area contributed by atoms with E-state index in [2.05, 4.69) is 10.6 Å². The highest BCUT2D eigenvalue weighted by molar-refractivity contribution is 7.21. The van der Waals surface area contributed by atoms with Crippen LogP contribution in [0.25, 0.3) is 10.1 Å². The molecule has 1 heterocycles. The smallest absolute Gasteiger partial charge is 0.329 e. The summed E-state index contributed by atoms with van der Waals surface area (Å²) in [5.74, 6) is -2.04. The molecule has 1 fully saturated rings. The van der Waals surface area contributed by atoms with E-state index in [1.807, 2.05) is 24.3 Å². The number of thiophene rings is 1. The van der Waals surface area contributed by atoms with Crippen molar-refractivity contribution in [2.45, 2.75) is 18.4 Å². The minimum Gasteiger partial charge on any atom is -0.480 e. The number of nitrogens with one attached hydrogen (secondary N) is 2. The van der Waals surface area contributed by atoms with Crippen LogP contribution in [0.15, 0.2) is 24.3 Å². The molecule has 0 spiro atoms. The lowest BCUT2D eigenvalue weighted by Crippen LogP contribution is -2.47. The lowest BCUT2D eigenvalue weighted by Gasteiger charge is -2.12. The maximum atomic E-state index is 12.2. The van der Waals surface area contributed by atoms with Crippen LogP contribution in [0.4, 0.5) is 0 Å². The molecule has 0 radical (unpaired) electrons. The maximum absolute atomic E-state index is 12.2. The van der Waals surface area contributed by atoms with Crippen molar-refractivity contribution in [3.05, 3.63) is 34.2 Å². The Hall–Kier alpha value is -2.12. The molecule has 0 aliphatic heterocycles. The molecule has 0 bridgehead atoms. The first-order valence-corrected chi connectivity index (χ1v) is 8.12. The van der Waals surface area contributed by atoms with E-state index in [1.165, 1.54) is 11.3 Å². The van der Waals surface area contributed by atoms with Gasteiger partial charge in [-0.25, -0.2) is 4.79 Å². The minimum atomic E-state index is -1.16. The number of aliphatic carboxylic acids is 1. The summed E-state index contributed by atoms with van der Waals surface area (Å²) in [6.07, 6.45) is 0.814. The van der Waals surface area contributed by atoms with Crippen molar-refractivity contribution in [3.8, 4) is 0 Å². The van der Waals surface area contributed by atoms with Crippen molar-refractivity contribution < 1.29 is 19.5 Å². The van der Waals surface area contributed by atoms with Gasteiger partial charge in [-0.3, -0.25) is 9.59 Å². The highest BCUT2D eigenvalue weighted by Crippen LogP contribution is 2.36. The second-order valence-corrected chi connectivity index (χ2v) is 6.79. The number of carbonyl (C=O) groups is 3. The Morgan fingerprint density at radius 3 is 2.57 bits per heavy atom. The molecule has 0 atom stereocenters. The van der Waals surface area contributed by atoms with Crippen LogP contribution in [0.3, 0.4) is 0 Å². The Labute approximate surface area is 140 Å². The van der Waals surface area contributed by atoms with Gasteiger partial charge < -0.3 is 15.7 Å². The molecule has 1 aromatic carbocycles. The van der Waals surface area contributed by atoms with Gasteiger partial charge in [0.1, 0.15) is 10.4 Å². The topological polar surface area (TPSA) is 95.5 Å². The van der Waals surface area contributed by atoms with Gasteiger partial charge in [0.15, 0.2) is 0 Å². The number of carboxylic acid groups (broad SMARTS) is 1.